The van der Waals surface area contributed by atoms with Gasteiger partial charge in [0.25, 0.3) is 5.91 Å². The van der Waals surface area contributed by atoms with Crippen LogP contribution in [0.4, 0.5) is 0 Å². The van der Waals surface area contributed by atoms with E-state index in [-0.39, 0.29) is 5.91 Å². The van der Waals surface area contributed by atoms with Gasteiger partial charge in [-0.1, -0.05) is 60.4 Å². The van der Waals surface area contributed by atoms with E-state index in [0.717, 1.165) is 35.2 Å². The van der Waals surface area contributed by atoms with E-state index in [1.807, 2.05) is 60.7 Å². The molecule has 3 heterocycles. The van der Waals surface area contributed by atoms with Crippen LogP contribution < -0.4 is 4.74 Å². The Morgan fingerprint density at radius 2 is 1.85 bits per heavy atom. The molecular weight excluding hydrogens is 452 g/mol. The number of thioether (sulfide) groups is 1. The quantitative estimate of drug-likeness (QED) is 0.175. The van der Waals surface area contributed by atoms with E-state index in [1.165, 1.54) is 11.8 Å². The monoisotopic (exact) mass is 474 g/mol. The molecule has 0 aliphatic carbocycles. The van der Waals surface area contributed by atoms with Crippen LogP contribution in [0.5, 0.6) is 5.75 Å². The molecule has 0 radical (unpaired) electrons. The third-order valence-corrected chi connectivity index (χ3v) is 6.81. The molecule has 2 aromatic carbocycles. The van der Waals surface area contributed by atoms with Gasteiger partial charge in [-0.15, -0.1) is 0 Å². The Hall–Kier alpha value is -3.29. The van der Waals surface area contributed by atoms with Crippen molar-refractivity contribution in [3.63, 3.8) is 0 Å². The van der Waals surface area contributed by atoms with Crippen LogP contribution in [0, 0.1) is 0 Å². The van der Waals surface area contributed by atoms with Gasteiger partial charge in [0, 0.05) is 29.2 Å². The van der Waals surface area contributed by atoms with Gasteiger partial charge in [-0.3, -0.25) is 9.69 Å². The average molecular weight is 475 g/mol. The fourth-order valence-corrected chi connectivity index (χ4v) is 5.10. The third-order valence-electron chi connectivity index (χ3n) is 5.43. The van der Waals surface area contributed by atoms with Gasteiger partial charge in [0.15, 0.2) is 0 Å². The highest BCUT2D eigenvalue weighted by molar-refractivity contribution is 8.26. The van der Waals surface area contributed by atoms with E-state index in [4.69, 9.17) is 21.4 Å². The SMILES string of the molecule is O=C1/C(=C/c2cn(CCCOc3ccccc3)c3ccccc23)SC(=S)N1Cc1ccco1. The molecule has 166 valence electrons. The Morgan fingerprint density at radius 3 is 2.67 bits per heavy atom. The highest BCUT2D eigenvalue weighted by Gasteiger charge is 2.32. The van der Waals surface area contributed by atoms with Crippen LogP contribution in [0.25, 0.3) is 17.0 Å². The second-order valence-electron chi connectivity index (χ2n) is 7.66. The molecule has 0 unspecified atom stereocenters. The summed E-state index contributed by atoms with van der Waals surface area (Å²) in [5.74, 6) is 1.50. The Balaban J connectivity index is 1.32. The number of fused-ring (bicyclic) bond motifs is 1. The molecule has 1 aliphatic heterocycles. The Kier molecular flexibility index (Phi) is 6.32. The van der Waals surface area contributed by atoms with Crippen molar-refractivity contribution in [3.05, 3.63) is 95.4 Å². The molecule has 0 spiro atoms. The van der Waals surface area contributed by atoms with Crippen LogP contribution in [0.2, 0.25) is 0 Å². The summed E-state index contributed by atoms with van der Waals surface area (Å²) in [5.41, 5.74) is 2.14. The summed E-state index contributed by atoms with van der Waals surface area (Å²) in [6.07, 6.45) is 6.52. The number of furan rings is 1. The van der Waals surface area contributed by atoms with Crippen molar-refractivity contribution in [2.45, 2.75) is 19.5 Å². The molecule has 1 saturated heterocycles. The molecule has 0 saturated carbocycles. The van der Waals surface area contributed by atoms with Gasteiger partial charge < -0.3 is 13.7 Å². The van der Waals surface area contributed by atoms with Crippen LogP contribution >= 0.6 is 24.0 Å². The number of hydrogen-bond acceptors (Lipinski definition) is 5. The smallest absolute Gasteiger partial charge is 0.266 e. The molecule has 1 amide bonds. The largest absolute Gasteiger partial charge is 0.494 e. The van der Waals surface area contributed by atoms with Crippen molar-refractivity contribution in [2.75, 3.05) is 6.61 Å². The van der Waals surface area contributed by atoms with E-state index in [1.54, 1.807) is 11.2 Å². The summed E-state index contributed by atoms with van der Waals surface area (Å²) in [5, 5.41) is 1.11. The summed E-state index contributed by atoms with van der Waals surface area (Å²) in [6.45, 7) is 1.80. The van der Waals surface area contributed by atoms with E-state index < -0.39 is 0 Å². The van der Waals surface area contributed by atoms with Gasteiger partial charge in [-0.25, -0.2) is 0 Å². The summed E-state index contributed by atoms with van der Waals surface area (Å²) in [6, 6.07) is 21.7. The molecule has 2 aromatic heterocycles. The minimum atomic E-state index is -0.0884. The van der Waals surface area contributed by atoms with Gasteiger partial charge >= 0.3 is 0 Å². The molecule has 1 aliphatic rings. The van der Waals surface area contributed by atoms with Gasteiger partial charge in [0.2, 0.25) is 0 Å². The number of amides is 1. The van der Waals surface area contributed by atoms with Crippen LogP contribution in [-0.4, -0.2) is 26.3 Å². The summed E-state index contributed by atoms with van der Waals surface area (Å²) in [4.78, 5) is 15.2. The molecule has 5 nitrogen and oxygen atoms in total. The Bertz CT molecular complexity index is 1310. The number of hydrogen-bond donors (Lipinski definition) is 0. The first-order valence-corrected chi connectivity index (χ1v) is 11.9. The summed E-state index contributed by atoms with van der Waals surface area (Å²) < 4.78 is 14.0. The van der Waals surface area contributed by atoms with Gasteiger partial charge in [0.05, 0.1) is 24.3 Å². The average Bonchev–Trinajstić information content (AvgIpc) is 3.54. The molecule has 0 N–H and O–H groups in total. The zero-order valence-electron chi connectivity index (χ0n) is 17.8. The fraction of sp³-hybridized carbons (Fsp3) is 0.154. The number of benzene rings is 2. The molecular formula is C26H22N2O3S2. The second-order valence-corrected chi connectivity index (χ2v) is 9.33. The predicted molar refractivity (Wildman–Crippen MR) is 136 cm³/mol. The van der Waals surface area contributed by atoms with Crippen molar-refractivity contribution in [3.8, 4) is 5.75 Å². The lowest BCUT2D eigenvalue weighted by atomic mass is 10.1. The summed E-state index contributed by atoms with van der Waals surface area (Å²) in [7, 11) is 0. The Labute approximate surface area is 201 Å². The first-order chi connectivity index (χ1) is 16.2. The number of aryl methyl sites for hydroxylation is 1. The zero-order chi connectivity index (χ0) is 22.6. The number of ether oxygens (including phenoxy) is 1. The van der Waals surface area contributed by atoms with Crippen molar-refractivity contribution >= 4 is 51.2 Å². The van der Waals surface area contributed by atoms with E-state index in [9.17, 15) is 4.79 Å². The lowest BCUT2D eigenvalue weighted by Gasteiger charge is -2.11. The molecule has 5 rings (SSSR count). The first-order valence-electron chi connectivity index (χ1n) is 10.7. The van der Waals surface area contributed by atoms with E-state index in [2.05, 4.69) is 22.9 Å². The van der Waals surface area contributed by atoms with Crippen molar-refractivity contribution in [1.29, 1.82) is 0 Å². The molecule has 33 heavy (non-hydrogen) atoms. The van der Waals surface area contributed by atoms with Crippen LogP contribution in [0.1, 0.15) is 17.7 Å². The lowest BCUT2D eigenvalue weighted by molar-refractivity contribution is -0.122. The maximum atomic E-state index is 13.0. The topological polar surface area (TPSA) is 47.6 Å². The molecule has 4 aromatic rings. The van der Waals surface area contributed by atoms with Crippen molar-refractivity contribution < 1.29 is 13.9 Å². The number of thiocarbonyl (C=S) groups is 1. The maximum Gasteiger partial charge on any atom is 0.266 e. The number of nitrogens with zero attached hydrogens (tertiary/aromatic N) is 2. The number of rotatable bonds is 8. The predicted octanol–water partition coefficient (Wildman–Crippen LogP) is 6.10. The third kappa shape index (κ3) is 4.74. The summed E-state index contributed by atoms with van der Waals surface area (Å²) >= 11 is 6.80. The van der Waals surface area contributed by atoms with Crippen molar-refractivity contribution in [1.82, 2.24) is 9.47 Å². The van der Waals surface area contributed by atoms with Gasteiger partial charge in [-0.05, 0) is 42.8 Å². The van der Waals surface area contributed by atoms with Gasteiger partial charge in [-0.2, -0.15) is 0 Å². The molecule has 0 bridgehead atoms. The van der Waals surface area contributed by atoms with Crippen LogP contribution in [0.15, 0.2) is 88.5 Å². The minimum Gasteiger partial charge on any atom is -0.494 e. The number of carbonyl (C=O) groups excluding carboxylic acids is 1. The highest BCUT2D eigenvalue weighted by Crippen LogP contribution is 2.35. The number of aromatic nitrogens is 1. The number of para-hydroxylation sites is 2. The molecule has 1 fully saturated rings. The molecule has 7 heteroatoms. The zero-order valence-corrected chi connectivity index (χ0v) is 19.5. The number of carbonyl (C=O) groups is 1. The normalized spacial score (nSPS) is 15.2. The van der Waals surface area contributed by atoms with E-state index >= 15 is 0 Å². The molecule has 0 atom stereocenters. The van der Waals surface area contributed by atoms with Gasteiger partial charge in [0.1, 0.15) is 15.8 Å². The van der Waals surface area contributed by atoms with Crippen LogP contribution in [-0.2, 0) is 17.9 Å². The lowest BCUT2D eigenvalue weighted by Crippen LogP contribution is -2.27. The maximum absolute atomic E-state index is 13.0. The highest BCUT2D eigenvalue weighted by atomic mass is 32.2. The fourth-order valence-electron chi connectivity index (χ4n) is 3.85. The second kappa shape index (κ2) is 9.68. The Morgan fingerprint density at radius 1 is 1.03 bits per heavy atom. The standard InChI is InChI=1S/C26H22N2O3S2/c29-25-24(33-26(32)28(25)18-21-10-6-14-31-21)16-19-17-27(23-12-5-4-11-22(19)23)13-7-15-30-20-8-2-1-3-9-20/h1-6,8-12,14,16-17H,7,13,15,18H2/b24-16-. The minimum absolute atomic E-state index is 0.0884. The van der Waals surface area contributed by atoms with Crippen molar-refractivity contribution in [2.24, 2.45) is 0 Å². The first kappa shape index (κ1) is 21.6. The van der Waals surface area contributed by atoms with E-state index in [0.29, 0.717) is 28.1 Å². The van der Waals surface area contributed by atoms with Crippen LogP contribution in [0.3, 0.4) is 0 Å².